The van der Waals surface area contributed by atoms with Gasteiger partial charge in [-0.2, -0.15) is 0 Å². The third-order valence-corrected chi connectivity index (χ3v) is 2.23. The summed E-state index contributed by atoms with van der Waals surface area (Å²) in [4.78, 5) is 23.7. The van der Waals surface area contributed by atoms with Crippen molar-refractivity contribution in [3.05, 3.63) is 0 Å². The van der Waals surface area contributed by atoms with Gasteiger partial charge in [-0.25, -0.2) is 0 Å². The molecule has 0 heterocycles. The molecule has 0 spiro atoms. The maximum absolute atomic E-state index is 11.8. The van der Waals surface area contributed by atoms with Crippen molar-refractivity contribution in [3.8, 4) is 0 Å². The summed E-state index contributed by atoms with van der Waals surface area (Å²) in [5.41, 5.74) is 0. The quantitative estimate of drug-likeness (QED) is 0.587. The van der Waals surface area contributed by atoms with Gasteiger partial charge in [0.15, 0.2) is 0 Å². The van der Waals surface area contributed by atoms with E-state index in [1.165, 1.54) is 12.0 Å². The van der Waals surface area contributed by atoms with E-state index >= 15 is 0 Å². The van der Waals surface area contributed by atoms with Gasteiger partial charge in [-0.1, -0.05) is 0 Å². The molecule has 6 heteroatoms. The average Bonchev–Trinajstić information content (AvgIpc) is 2.29. The summed E-state index contributed by atoms with van der Waals surface area (Å²) in [5, 5.41) is 8.72. The van der Waals surface area contributed by atoms with Crippen LogP contribution in [0.15, 0.2) is 0 Å². The zero-order valence-corrected chi connectivity index (χ0v) is 11.3. The van der Waals surface area contributed by atoms with Gasteiger partial charge < -0.3 is 19.5 Å². The average molecular weight is 261 g/mol. The van der Waals surface area contributed by atoms with Crippen molar-refractivity contribution in [2.24, 2.45) is 0 Å². The fourth-order valence-electron chi connectivity index (χ4n) is 1.36. The molecular weight excluding hydrogens is 238 g/mol. The van der Waals surface area contributed by atoms with Crippen LogP contribution in [0.25, 0.3) is 0 Å². The molecule has 106 valence electrons. The van der Waals surface area contributed by atoms with E-state index in [2.05, 4.69) is 0 Å². The Balaban J connectivity index is 3.99. The van der Waals surface area contributed by atoms with Crippen LogP contribution in [0.4, 0.5) is 0 Å². The maximum Gasteiger partial charge on any atom is 0.323 e. The number of nitrogens with zero attached hydrogens (tertiary/aromatic N) is 1. The van der Waals surface area contributed by atoms with Crippen LogP contribution in [0.2, 0.25) is 0 Å². The Morgan fingerprint density at radius 3 is 2.44 bits per heavy atom. The number of hydrogen-bond acceptors (Lipinski definition) is 4. The van der Waals surface area contributed by atoms with Crippen molar-refractivity contribution in [2.45, 2.75) is 32.8 Å². The van der Waals surface area contributed by atoms with Crippen LogP contribution in [0.5, 0.6) is 0 Å². The van der Waals surface area contributed by atoms with Gasteiger partial charge in [-0.15, -0.1) is 0 Å². The van der Waals surface area contributed by atoms with Gasteiger partial charge in [0.25, 0.3) is 0 Å². The van der Waals surface area contributed by atoms with E-state index in [0.29, 0.717) is 32.6 Å². The highest BCUT2D eigenvalue weighted by Crippen LogP contribution is 2.00. The molecule has 0 aliphatic rings. The molecule has 6 nitrogen and oxygen atoms in total. The largest absolute Gasteiger partial charge is 0.480 e. The lowest BCUT2D eigenvalue weighted by Gasteiger charge is -2.20. The van der Waals surface area contributed by atoms with Gasteiger partial charge in [-0.3, -0.25) is 9.59 Å². The molecule has 1 amide bonds. The van der Waals surface area contributed by atoms with Crippen molar-refractivity contribution in [2.75, 3.05) is 33.4 Å². The topological polar surface area (TPSA) is 76.1 Å². The molecule has 0 rings (SSSR count). The highest BCUT2D eigenvalue weighted by Gasteiger charge is 2.15. The minimum atomic E-state index is -1.02. The molecule has 0 atom stereocenters. The van der Waals surface area contributed by atoms with E-state index < -0.39 is 5.97 Å². The number of carboxylic acids is 1. The number of carbonyl (C=O) groups excluding carboxylic acids is 1. The second-order valence-electron chi connectivity index (χ2n) is 4.22. The van der Waals surface area contributed by atoms with Gasteiger partial charge in [0.05, 0.1) is 12.7 Å². The molecule has 0 radical (unpaired) electrons. The summed E-state index contributed by atoms with van der Waals surface area (Å²) in [6.45, 7) is 4.71. The Kier molecular flexibility index (Phi) is 9.22. The molecule has 0 aliphatic carbocycles. The second-order valence-corrected chi connectivity index (χ2v) is 4.22. The zero-order chi connectivity index (χ0) is 14.0. The number of ether oxygens (including phenoxy) is 2. The van der Waals surface area contributed by atoms with E-state index in [-0.39, 0.29) is 18.6 Å². The van der Waals surface area contributed by atoms with Crippen molar-refractivity contribution >= 4 is 11.9 Å². The Morgan fingerprint density at radius 1 is 1.28 bits per heavy atom. The number of hydrogen-bond donors (Lipinski definition) is 1. The summed E-state index contributed by atoms with van der Waals surface area (Å²) in [5.74, 6) is -1.19. The highest BCUT2D eigenvalue weighted by molar-refractivity contribution is 5.81. The Hall–Kier alpha value is -1.14. The monoisotopic (exact) mass is 261 g/mol. The third-order valence-electron chi connectivity index (χ3n) is 2.23. The van der Waals surface area contributed by atoms with Crippen LogP contribution >= 0.6 is 0 Å². The van der Waals surface area contributed by atoms with Crippen LogP contribution in [0.1, 0.15) is 26.7 Å². The van der Waals surface area contributed by atoms with E-state index in [1.54, 1.807) is 0 Å². The summed E-state index contributed by atoms with van der Waals surface area (Å²) in [6, 6.07) is 0. The van der Waals surface area contributed by atoms with Crippen molar-refractivity contribution in [1.29, 1.82) is 0 Å². The first-order valence-corrected chi connectivity index (χ1v) is 6.07. The first-order chi connectivity index (χ1) is 8.47. The zero-order valence-electron chi connectivity index (χ0n) is 11.3. The first-order valence-electron chi connectivity index (χ1n) is 6.07. The molecule has 0 aromatic carbocycles. The van der Waals surface area contributed by atoms with Crippen LogP contribution in [-0.2, 0) is 19.1 Å². The van der Waals surface area contributed by atoms with Crippen LogP contribution in [-0.4, -0.2) is 61.4 Å². The smallest absolute Gasteiger partial charge is 0.323 e. The van der Waals surface area contributed by atoms with Gasteiger partial charge in [0.1, 0.15) is 6.54 Å². The number of carboxylic acid groups (broad SMARTS) is 1. The predicted molar refractivity (Wildman–Crippen MR) is 66.4 cm³/mol. The molecule has 0 unspecified atom stereocenters. The molecule has 1 N–H and O–H groups in total. The standard InChI is InChI=1S/C12H23NO5/c1-10(2)18-7-4-5-11(14)13(6-8-17-3)9-12(15)16/h10H,4-9H2,1-3H3,(H,15,16). The lowest BCUT2D eigenvalue weighted by molar-refractivity contribution is -0.145. The molecule has 0 saturated carbocycles. The number of aliphatic carboxylic acids is 1. The van der Waals surface area contributed by atoms with Crippen molar-refractivity contribution < 1.29 is 24.2 Å². The fourth-order valence-corrected chi connectivity index (χ4v) is 1.36. The number of carbonyl (C=O) groups is 2. The van der Waals surface area contributed by atoms with Crippen LogP contribution in [0.3, 0.4) is 0 Å². The van der Waals surface area contributed by atoms with Gasteiger partial charge >= 0.3 is 5.97 Å². The van der Waals surface area contributed by atoms with E-state index in [9.17, 15) is 9.59 Å². The van der Waals surface area contributed by atoms with Crippen LogP contribution < -0.4 is 0 Å². The molecule has 0 aromatic heterocycles. The molecule has 0 bridgehead atoms. The minimum absolute atomic E-state index is 0.142. The molecular formula is C12H23NO5. The van der Waals surface area contributed by atoms with Gasteiger partial charge in [-0.05, 0) is 20.3 Å². The van der Waals surface area contributed by atoms with Crippen LogP contribution in [0, 0.1) is 0 Å². The second kappa shape index (κ2) is 9.85. The molecule has 0 aliphatic heterocycles. The first kappa shape index (κ1) is 16.9. The molecule has 0 fully saturated rings. The Morgan fingerprint density at radius 2 is 1.94 bits per heavy atom. The summed E-state index contributed by atoms with van der Waals surface area (Å²) < 4.78 is 10.2. The number of methoxy groups -OCH3 is 1. The maximum atomic E-state index is 11.8. The van der Waals surface area contributed by atoms with E-state index in [1.807, 2.05) is 13.8 Å². The lowest BCUT2D eigenvalue weighted by atomic mass is 10.2. The molecule has 18 heavy (non-hydrogen) atoms. The SMILES string of the molecule is COCCN(CC(=O)O)C(=O)CCCOC(C)C. The summed E-state index contributed by atoms with van der Waals surface area (Å²) >= 11 is 0. The summed E-state index contributed by atoms with van der Waals surface area (Å²) in [6.07, 6.45) is 1.04. The summed E-state index contributed by atoms with van der Waals surface area (Å²) in [7, 11) is 1.51. The van der Waals surface area contributed by atoms with E-state index in [4.69, 9.17) is 14.6 Å². The fraction of sp³-hybridized carbons (Fsp3) is 0.833. The third kappa shape index (κ3) is 8.95. The minimum Gasteiger partial charge on any atom is -0.480 e. The number of amides is 1. The highest BCUT2D eigenvalue weighted by atomic mass is 16.5. The van der Waals surface area contributed by atoms with Gasteiger partial charge in [0, 0.05) is 26.7 Å². The van der Waals surface area contributed by atoms with Crippen molar-refractivity contribution in [3.63, 3.8) is 0 Å². The van der Waals surface area contributed by atoms with Gasteiger partial charge in [0.2, 0.25) is 5.91 Å². The molecule has 0 aromatic rings. The van der Waals surface area contributed by atoms with E-state index in [0.717, 1.165) is 0 Å². The van der Waals surface area contributed by atoms with Crippen molar-refractivity contribution in [1.82, 2.24) is 4.90 Å². The normalized spacial score (nSPS) is 10.7. The molecule has 0 saturated heterocycles. The number of rotatable bonds is 10. The lowest BCUT2D eigenvalue weighted by Crippen LogP contribution is -2.38. The Bertz CT molecular complexity index is 255. The Labute approximate surface area is 108 Å². The predicted octanol–water partition coefficient (Wildman–Crippen LogP) is 0.751.